The maximum Gasteiger partial charge on any atom is 0.338 e. The van der Waals surface area contributed by atoms with Gasteiger partial charge >= 0.3 is 5.97 Å². The summed E-state index contributed by atoms with van der Waals surface area (Å²) in [7, 11) is 0. The van der Waals surface area contributed by atoms with Gasteiger partial charge in [0.15, 0.2) is 0 Å². The molecular weight excluding hydrogens is 366 g/mol. The number of benzene rings is 1. The van der Waals surface area contributed by atoms with Crippen molar-refractivity contribution in [1.82, 2.24) is 14.5 Å². The molecule has 0 N–H and O–H groups in total. The molecule has 2 amide bonds. The lowest BCUT2D eigenvalue weighted by atomic mass is 10.1. The van der Waals surface area contributed by atoms with Gasteiger partial charge < -0.3 is 4.74 Å². The molecule has 1 aliphatic heterocycles. The smallest absolute Gasteiger partial charge is 0.338 e. The number of hydrogen-bond donors (Lipinski definition) is 0. The Balaban J connectivity index is 1.75. The Bertz CT molecular complexity index is 852. The maximum absolute atomic E-state index is 12.4. The Hall–Kier alpha value is -2.32. The Kier molecular flexibility index (Phi) is 5.10. The maximum atomic E-state index is 12.4. The van der Waals surface area contributed by atoms with Crippen LogP contribution in [0.3, 0.4) is 0 Å². The highest BCUT2D eigenvalue weighted by molar-refractivity contribution is 7.10. The van der Waals surface area contributed by atoms with E-state index in [4.69, 9.17) is 16.3 Å². The minimum absolute atomic E-state index is 0.110. The van der Waals surface area contributed by atoms with Crippen LogP contribution in [0.2, 0.25) is 4.34 Å². The molecule has 2 heterocycles. The first-order chi connectivity index (χ1) is 12.0. The van der Waals surface area contributed by atoms with E-state index in [1.165, 1.54) is 23.1 Å². The van der Waals surface area contributed by atoms with Crippen molar-refractivity contribution in [3.63, 3.8) is 0 Å². The molecule has 0 saturated carbocycles. The number of ether oxygens (including phenoxy) is 1. The first-order valence-electron chi connectivity index (χ1n) is 7.67. The first kappa shape index (κ1) is 17.5. The molecule has 0 bridgehead atoms. The van der Waals surface area contributed by atoms with E-state index >= 15 is 0 Å². The van der Waals surface area contributed by atoms with Gasteiger partial charge in [-0.1, -0.05) is 29.4 Å². The number of carbonyl (C=O) groups is 3. The van der Waals surface area contributed by atoms with Crippen molar-refractivity contribution in [2.24, 2.45) is 0 Å². The highest BCUT2D eigenvalue weighted by Gasteiger charge is 2.35. The van der Waals surface area contributed by atoms with Crippen LogP contribution in [0.15, 0.2) is 18.2 Å². The number of aromatic nitrogens is 2. The largest absolute Gasteiger partial charge is 0.455 e. The number of fused-ring (bicyclic) bond motifs is 1. The summed E-state index contributed by atoms with van der Waals surface area (Å²) in [4.78, 5) is 38.1. The fourth-order valence-corrected chi connectivity index (χ4v) is 3.04. The number of amides is 2. The molecular formula is C16H14ClN3O4S. The fraction of sp³-hybridized carbons (Fsp3) is 0.312. The Morgan fingerprint density at radius 3 is 2.72 bits per heavy atom. The third-order valence-electron chi connectivity index (χ3n) is 3.79. The number of hydrogen-bond acceptors (Lipinski definition) is 7. The van der Waals surface area contributed by atoms with Crippen LogP contribution < -0.4 is 0 Å². The van der Waals surface area contributed by atoms with Crippen molar-refractivity contribution in [3.8, 4) is 0 Å². The van der Waals surface area contributed by atoms with Crippen LogP contribution in [0.5, 0.6) is 0 Å². The molecule has 1 aromatic carbocycles. The van der Waals surface area contributed by atoms with E-state index in [0.29, 0.717) is 22.1 Å². The lowest BCUT2D eigenvalue weighted by Crippen LogP contribution is -2.30. The van der Waals surface area contributed by atoms with Crippen molar-refractivity contribution in [2.45, 2.75) is 26.4 Å². The third kappa shape index (κ3) is 3.40. The molecule has 9 heteroatoms. The average Bonchev–Trinajstić information content (AvgIpc) is 3.13. The molecule has 1 aromatic heterocycles. The number of rotatable bonds is 6. The summed E-state index contributed by atoms with van der Waals surface area (Å²) in [5.74, 6) is -1.33. The summed E-state index contributed by atoms with van der Waals surface area (Å²) in [6.45, 7) is 2.25. The molecule has 2 aromatic rings. The van der Waals surface area contributed by atoms with Gasteiger partial charge in [0.25, 0.3) is 11.8 Å². The molecule has 0 spiro atoms. The van der Waals surface area contributed by atoms with E-state index in [9.17, 15) is 14.4 Å². The van der Waals surface area contributed by atoms with Gasteiger partial charge in [-0.25, -0.2) is 4.79 Å². The number of carbonyl (C=O) groups excluding carboxylic acids is 3. The predicted octanol–water partition coefficient (Wildman–Crippen LogP) is 2.94. The van der Waals surface area contributed by atoms with Crippen LogP contribution in [0.4, 0.5) is 0 Å². The molecule has 0 radical (unpaired) electrons. The Morgan fingerprint density at radius 1 is 1.28 bits per heavy atom. The molecule has 0 unspecified atom stereocenters. The van der Waals surface area contributed by atoms with E-state index in [1.807, 2.05) is 6.92 Å². The van der Waals surface area contributed by atoms with Crippen molar-refractivity contribution in [3.05, 3.63) is 44.9 Å². The number of halogens is 1. The van der Waals surface area contributed by atoms with Gasteiger partial charge in [0.05, 0.1) is 16.7 Å². The second-order valence-electron chi connectivity index (χ2n) is 5.45. The van der Waals surface area contributed by atoms with Crippen molar-refractivity contribution in [1.29, 1.82) is 0 Å². The molecule has 3 rings (SSSR count). The van der Waals surface area contributed by atoms with Crippen molar-refractivity contribution in [2.75, 3.05) is 6.54 Å². The van der Waals surface area contributed by atoms with E-state index < -0.39 is 5.97 Å². The molecule has 0 atom stereocenters. The molecule has 1 aliphatic rings. The van der Waals surface area contributed by atoms with Crippen molar-refractivity contribution >= 4 is 40.9 Å². The van der Waals surface area contributed by atoms with Gasteiger partial charge in [-0.3, -0.25) is 14.5 Å². The average molecular weight is 380 g/mol. The summed E-state index contributed by atoms with van der Waals surface area (Å²) < 4.78 is 9.14. The Morgan fingerprint density at radius 2 is 2.04 bits per heavy atom. The summed E-state index contributed by atoms with van der Waals surface area (Å²) in [6, 6.07) is 4.34. The molecule has 25 heavy (non-hydrogen) atoms. The minimum atomic E-state index is -0.626. The van der Waals surface area contributed by atoms with Crippen molar-refractivity contribution < 1.29 is 19.1 Å². The summed E-state index contributed by atoms with van der Waals surface area (Å²) in [5, 5.41) is 3.75. The van der Waals surface area contributed by atoms with Gasteiger partial charge in [0.1, 0.15) is 16.6 Å². The van der Waals surface area contributed by atoms with E-state index in [1.54, 1.807) is 0 Å². The first-order valence-corrected chi connectivity index (χ1v) is 8.82. The van der Waals surface area contributed by atoms with Crippen LogP contribution in [-0.2, 0) is 11.3 Å². The van der Waals surface area contributed by atoms with Crippen LogP contribution >= 0.6 is 23.1 Å². The van der Waals surface area contributed by atoms with Crippen LogP contribution in [0, 0.1) is 0 Å². The number of nitrogens with zero attached hydrogens (tertiary/aromatic N) is 3. The normalized spacial score (nSPS) is 13.3. The summed E-state index contributed by atoms with van der Waals surface area (Å²) in [5.41, 5.74) is 1.10. The number of unbranched alkanes of at least 4 members (excludes halogenated alkanes) is 1. The number of esters is 1. The Labute approximate surface area is 152 Å². The molecule has 0 saturated heterocycles. The SMILES string of the molecule is CCCCN1C(=O)c2ccc(C(=O)OCc3nnsc3Cl)cc2C1=O. The van der Waals surface area contributed by atoms with Gasteiger partial charge in [-0.15, -0.1) is 5.10 Å². The number of imide groups is 1. The van der Waals surface area contributed by atoms with E-state index in [0.717, 1.165) is 24.4 Å². The highest BCUT2D eigenvalue weighted by Crippen LogP contribution is 2.25. The molecule has 130 valence electrons. The quantitative estimate of drug-likeness (QED) is 0.566. The zero-order valence-electron chi connectivity index (χ0n) is 13.3. The van der Waals surface area contributed by atoms with Gasteiger partial charge in [-0.2, -0.15) is 0 Å². The zero-order valence-corrected chi connectivity index (χ0v) is 14.9. The molecule has 0 aliphatic carbocycles. The van der Waals surface area contributed by atoms with E-state index in [2.05, 4.69) is 9.59 Å². The minimum Gasteiger partial charge on any atom is -0.455 e. The zero-order chi connectivity index (χ0) is 18.0. The lowest BCUT2D eigenvalue weighted by molar-refractivity contribution is 0.0467. The lowest BCUT2D eigenvalue weighted by Gasteiger charge is -2.12. The van der Waals surface area contributed by atoms with E-state index in [-0.39, 0.29) is 29.5 Å². The second kappa shape index (κ2) is 7.28. The van der Waals surface area contributed by atoms with Gasteiger partial charge in [-0.05, 0) is 24.6 Å². The van der Waals surface area contributed by atoms with Crippen LogP contribution in [-0.4, -0.2) is 38.8 Å². The molecule has 0 fully saturated rings. The second-order valence-corrected chi connectivity index (χ2v) is 6.80. The van der Waals surface area contributed by atoms with Crippen LogP contribution in [0.25, 0.3) is 0 Å². The standard InChI is InChI=1S/C16H14ClN3O4S/c1-2-3-6-20-14(21)10-5-4-9(7-11(10)15(20)22)16(23)24-8-12-13(17)25-19-18-12/h4-5,7H,2-3,6,8H2,1H3. The summed E-state index contributed by atoms with van der Waals surface area (Å²) >= 11 is 6.85. The highest BCUT2D eigenvalue weighted by atomic mass is 35.5. The van der Waals surface area contributed by atoms with Gasteiger partial charge in [0.2, 0.25) is 0 Å². The van der Waals surface area contributed by atoms with Gasteiger partial charge in [0, 0.05) is 18.1 Å². The monoisotopic (exact) mass is 379 g/mol. The molecule has 7 nitrogen and oxygen atoms in total. The third-order valence-corrected chi connectivity index (χ3v) is 4.78. The van der Waals surface area contributed by atoms with Crippen LogP contribution in [0.1, 0.15) is 56.5 Å². The topological polar surface area (TPSA) is 89.5 Å². The fourth-order valence-electron chi connectivity index (χ4n) is 2.44. The summed E-state index contributed by atoms with van der Waals surface area (Å²) in [6.07, 6.45) is 1.61. The predicted molar refractivity (Wildman–Crippen MR) is 90.8 cm³/mol.